The summed E-state index contributed by atoms with van der Waals surface area (Å²) in [6, 6.07) is 11.3. The van der Waals surface area contributed by atoms with Gasteiger partial charge in [-0.1, -0.05) is 12.1 Å². The summed E-state index contributed by atoms with van der Waals surface area (Å²) in [5.41, 5.74) is 3.97. The summed E-state index contributed by atoms with van der Waals surface area (Å²) in [6.45, 7) is 6.83. The van der Waals surface area contributed by atoms with Crippen LogP contribution in [0.5, 0.6) is 5.75 Å². The zero-order valence-corrected chi connectivity index (χ0v) is 32.4. The van der Waals surface area contributed by atoms with E-state index in [1.807, 2.05) is 30.5 Å². The summed E-state index contributed by atoms with van der Waals surface area (Å²) in [6.07, 6.45) is 7.56. The Balaban J connectivity index is 0.874. The summed E-state index contributed by atoms with van der Waals surface area (Å²) in [5, 5.41) is 5.02. The number of carbonyl (C=O) groups is 3. The molecule has 1 atom stereocenters. The third-order valence-electron chi connectivity index (χ3n) is 11.9. The van der Waals surface area contributed by atoms with E-state index in [0.29, 0.717) is 41.1 Å². The van der Waals surface area contributed by atoms with Gasteiger partial charge in [-0.05, 0) is 114 Å². The highest BCUT2D eigenvalue weighted by Gasteiger charge is 2.32. The van der Waals surface area contributed by atoms with Crippen molar-refractivity contribution < 1.29 is 27.9 Å². The lowest BCUT2D eigenvalue weighted by atomic mass is 9.80. The number of carbonyl (C=O) groups excluding carboxylic acids is 3. The zero-order chi connectivity index (χ0) is 40.0. The third kappa shape index (κ3) is 7.94. The van der Waals surface area contributed by atoms with Crippen LogP contribution in [0.25, 0.3) is 16.7 Å². The van der Waals surface area contributed by atoms with Gasteiger partial charge in [-0.2, -0.15) is 0 Å². The van der Waals surface area contributed by atoms with Crippen LogP contribution in [0.15, 0.2) is 59.7 Å². The Hall–Kier alpha value is -5.44. The lowest BCUT2D eigenvalue weighted by Crippen LogP contribution is -2.44. The minimum absolute atomic E-state index is 0.0355. The van der Waals surface area contributed by atoms with Gasteiger partial charge in [0.25, 0.3) is 12.3 Å². The average Bonchev–Trinajstić information content (AvgIpc) is 3.72. The van der Waals surface area contributed by atoms with Gasteiger partial charge in [-0.15, -0.1) is 0 Å². The molecule has 3 fully saturated rings. The van der Waals surface area contributed by atoms with E-state index in [1.165, 1.54) is 28.3 Å². The topological polar surface area (TPSA) is 145 Å². The van der Waals surface area contributed by atoms with E-state index in [0.717, 1.165) is 69.4 Å². The molecule has 57 heavy (non-hydrogen) atoms. The van der Waals surface area contributed by atoms with Crippen molar-refractivity contribution in [2.24, 2.45) is 13.0 Å². The standard InChI is InChI=1S/C42H48F2N8O5/c1-24(2)57-35-20-37-46-31(23-51(37)22-29(35)40(54)47-36-6-4-5-30(45-36)39(43)44)27-9-7-25(8-10-27)21-50-17-15-26(16-18-50)28-11-12-32-34(19-28)49(3)42(56)52(32)33-13-14-38(53)48-41(33)55/h4-6,11-12,19-20,22-27,33,39H,7-10,13-18,21H2,1-3H3,(H,45,47,54)(H,48,53,55). The molecule has 2 aliphatic heterocycles. The van der Waals surface area contributed by atoms with Crippen molar-refractivity contribution in [2.45, 2.75) is 95.6 Å². The number of imidazole rings is 2. The molecule has 1 saturated carbocycles. The number of nitrogens with one attached hydrogen (secondary N) is 2. The molecule has 300 valence electrons. The quantitative estimate of drug-likeness (QED) is 0.153. The number of alkyl halides is 2. The van der Waals surface area contributed by atoms with Crippen molar-refractivity contribution in [3.05, 3.63) is 87.9 Å². The molecule has 0 bridgehead atoms. The number of nitrogens with zero attached hydrogens (tertiary/aromatic N) is 6. The SMILES string of the molecule is CC(C)Oc1cc2nc(C3CCC(CN4CCC(c5ccc6c(c5)n(C)c(=O)n6C5CCC(=O)NC5=O)CC4)CC3)cn2cc1C(=O)Nc1cccc(C(F)F)n1. The summed E-state index contributed by atoms with van der Waals surface area (Å²) in [7, 11) is 1.74. The van der Waals surface area contributed by atoms with Crippen LogP contribution >= 0.6 is 0 Å². The predicted octanol–water partition coefficient (Wildman–Crippen LogP) is 6.49. The summed E-state index contributed by atoms with van der Waals surface area (Å²) in [4.78, 5) is 62.4. The van der Waals surface area contributed by atoms with E-state index in [9.17, 15) is 28.0 Å². The highest BCUT2D eigenvalue weighted by molar-refractivity contribution is 6.06. The Morgan fingerprint density at radius 1 is 0.930 bits per heavy atom. The number of benzene rings is 1. The highest BCUT2D eigenvalue weighted by Crippen LogP contribution is 2.38. The fourth-order valence-electron chi connectivity index (χ4n) is 8.90. The number of pyridine rings is 2. The summed E-state index contributed by atoms with van der Waals surface area (Å²) >= 11 is 0. The molecule has 5 aromatic rings. The molecule has 1 unspecified atom stereocenters. The number of fused-ring (bicyclic) bond motifs is 2. The number of likely N-dealkylation sites (tertiary alicyclic amines) is 1. The van der Waals surface area contributed by atoms with Gasteiger partial charge in [0.15, 0.2) is 0 Å². The normalized spacial score (nSPS) is 21.1. The Morgan fingerprint density at radius 3 is 2.42 bits per heavy atom. The number of piperidine rings is 2. The molecule has 3 amide bonds. The van der Waals surface area contributed by atoms with E-state index >= 15 is 0 Å². The molecule has 15 heteroatoms. The van der Waals surface area contributed by atoms with Crippen molar-refractivity contribution >= 4 is 40.2 Å². The van der Waals surface area contributed by atoms with Crippen molar-refractivity contribution in [2.75, 3.05) is 25.0 Å². The first-order chi connectivity index (χ1) is 27.4. The van der Waals surface area contributed by atoms with Gasteiger partial charge in [0.1, 0.15) is 29.0 Å². The Labute approximate surface area is 328 Å². The van der Waals surface area contributed by atoms with Crippen molar-refractivity contribution in [3.63, 3.8) is 0 Å². The van der Waals surface area contributed by atoms with Crippen molar-refractivity contribution in [1.82, 2.24) is 33.7 Å². The molecule has 0 spiro atoms. The molecular formula is C42H48F2N8O5. The Kier molecular flexibility index (Phi) is 10.7. The molecule has 2 N–H and O–H groups in total. The maximum absolute atomic E-state index is 13.4. The molecule has 1 aromatic carbocycles. The minimum atomic E-state index is -2.75. The molecule has 2 saturated heterocycles. The smallest absolute Gasteiger partial charge is 0.329 e. The molecule has 4 aromatic heterocycles. The maximum atomic E-state index is 13.4. The number of halogens is 2. The van der Waals surface area contributed by atoms with Gasteiger partial charge in [0.05, 0.1) is 28.4 Å². The van der Waals surface area contributed by atoms with Gasteiger partial charge >= 0.3 is 5.69 Å². The molecular weight excluding hydrogens is 735 g/mol. The monoisotopic (exact) mass is 782 g/mol. The van der Waals surface area contributed by atoms with Crippen LogP contribution in [0.1, 0.15) is 117 Å². The second-order valence-electron chi connectivity index (χ2n) is 16.1. The molecule has 6 heterocycles. The van der Waals surface area contributed by atoms with Crippen LogP contribution < -0.4 is 21.1 Å². The maximum Gasteiger partial charge on any atom is 0.329 e. The van der Waals surface area contributed by atoms with Gasteiger partial charge in [-0.3, -0.25) is 28.8 Å². The fourth-order valence-corrected chi connectivity index (χ4v) is 8.90. The number of imide groups is 1. The molecule has 3 aliphatic rings. The average molecular weight is 783 g/mol. The lowest BCUT2D eigenvalue weighted by Gasteiger charge is -2.36. The molecule has 1 aliphatic carbocycles. The second-order valence-corrected chi connectivity index (χ2v) is 16.1. The first kappa shape index (κ1) is 38.4. The summed E-state index contributed by atoms with van der Waals surface area (Å²) in [5.74, 6) is 0.444. The van der Waals surface area contributed by atoms with Gasteiger partial charge in [0.2, 0.25) is 11.8 Å². The van der Waals surface area contributed by atoms with Gasteiger partial charge < -0.3 is 19.4 Å². The van der Waals surface area contributed by atoms with Crippen LogP contribution in [0.3, 0.4) is 0 Å². The lowest BCUT2D eigenvalue weighted by molar-refractivity contribution is -0.135. The van der Waals surface area contributed by atoms with Gasteiger partial charge in [0, 0.05) is 44.4 Å². The minimum Gasteiger partial charge on any atom is -0.490 e. The van der Waals surface area contributed by atoms with Gasteiger partial charge in [-0.25, -0.2) is 23.5 Å². The first-order valence-electron chi connectivity index (χ1n) is 19.9. The fraction of sp³-hybridized carbons (Fsp3) is 0.476. The Bertz CT molecular complexity index is 2390. The zero-order valence-electron chi connectivity index (χ0n) is 32.4. The number of ether oxygens (including phenoxy) is 1. The number of aryl methyl sites for hydroxylation is 1. The Morgan fingerprint density at radius 2 is 1.70 bits per heavy atom. The third-order valence-corrected chi connectivity index (χ3v) is 11.9. The van der Waals surface area contributed by atoms with Crippen LogP contribution in [0, 0.1) is 5.92 Å². The van der Waals surface area contributed by atoms with Crippen LogP contribution in [0.4, 0.5) is 14.6 Å². The van der Waals surface area contributed by atoms with E-state index in [4.69, 9.17) is 9.72 Å². The summed E-state index contributed by atoms with van der Waals surface area (Å²) < 4.78 is 37.4. The number of amides is 3. The number of aromatic nitrogens is 5. The molecule has 0 radical (unpaired) electrons. The predicted molar refractivity (Wildman–Crippen MR) is 210 cm³/mol. The largest absolute Gasteiger partial charge is 0.490 e. The highest BCUT2D eigenvalue weighted by atomic mass is 19.3. The number of rotatable bonds is 10. The number of hydrogen-bond acceptors (Lipinski definition) is 8. The van der Waals surface area contributed by atoms with Crippen molar-refractivity contribution in [3.8, 4) is 5.75 Å². The van der Waals surface area contributed by atoms with Crippen LogP contribution in [-0.2, 0) is 16.6 Å². The number of anilines is 1. The van der Waals surface area contributed by atoms with E-state index in [2.05, 4.69) is 32.7 Å². The first-order valence-corrected chi connectivity index (χ1v) is 19.9. The second kappa shape index (κ2) is 15.8. The molecule has 8 rings (SSSR count). The van der Waals surface area contributed by atoms with Crippen LogP contribution in [-0.4, -0.2) is 71.9 Å². The van der Waals surface area contributed by atoms with E-state index in [-0.39, 0.29) is 35.5 Å². The molecule has 13 nitrogen and oxygen atoms in total. The number of hydrogen-bond donors (Lipinski definition) is 2. The van der Waals surface area contributed by atoms with E-state index in [1.54, 1.807) is 23.9 Å². The van der Waals surface area contributed by atoms with Crippen molar-refractivity contribution in [1.29, 1.82) is 0 Å². The van der Waals surface area contributed by atoms with Crippen LogP contribution in [0.2, 0.25) is 0 Å². The van der Waals surface area contributed by atoms with E-state index < -0.39 is 30.0 Å².